The molecule has 1 aliphatic carbocycles. The van der Waals surface area contributed by atoms with Gasteiger partial charge in [-0.2, -0.15) is 0 Å². The van der Waals surface area contributed by atoms with E-state index in [1.54, 1.807) is 12.4 Å². The summed E-state index contributed by atoms with van der Waals surface area (Å²) < 4.78 is 0. The minimum Gasteiger partial charge on any atom is -0.506 e. The first kappa shape index (κ1) is 13.1. The Morgan fingerprint density at radius 1 is 0.917 bits per heavy atom. The van der Waals surface area contributed by atoms with E-state index in [1.807, 2.05) is 48.5 Å². The number of para-hydroxylation sites is 2. The summed E-state index contributed by atoms with van der Waals surface area (Å²) in [6, 6.07) is 15.3. The first-order valence-electron chi connectivity index (χ1n) is 7.68. The van der Waals surface area contributed by atoms with Gasteiger partial charge in [-0.25, -0.2) is 0 Å². The molecule has 2 aliphatic rings. The van der Waals surface area contributed by atoms with E-state index in [-0.39, 0.29) is 11.5 Å². The number of aromatic amines is 1. The first-order chi connectivity index (χ1) is 11.8. The van der Waals surface area contributed by atoms with Crippen molar-refractivity contribution in [3.05, 3.63) is 77.2 Å². The SMILES string of the molecule is O=C1C(c2c[nH]c3ccccc23)=C(O)/C1=C1\C=Nc2ccccc21. The lowest BCUT2D eigenvalue weighted by Crippen LogP contribution is -2.22. The van der Waals surface area contributed by atoms with Crippen molar-refractivity contribution < 1.29 is 9.90 Å². The highest BCUT2D eigenvalue weighted by Gasteiger charge is 2.39. The van der Waals surface area contributed by atoms with E-state index in [9.17, 15) is 9.90 Å². The van der Waals surface area contributed by atoms with E-state index in [0.29, 0.717) is 16.7 Å². The van der Waals surface area contributed by atoms with Crippen molar-refractivity contribution in [3.63, 3.8) is 0 Å². The van der Waals surface area contributed by atoms with E-state index in [4.69, 9.17) is 0 Å². The van der Waals surface area contributed by atoms with Crippen molar-refractivity contribution in [1.29, 1.82) is 0 Å². The van der Waals surface area contributed by atoms with Gasteiger partial charge in [0.25, 0.3) is 0 Å². The Morgan fingerprint density at radius 2 is 1.71 bits per heavy atom. The number of allylic oxidation sites excluding steroid dienone is 3. The van der Waals surface area contributed by atoms with Crippen LogP contribution < -0.4 is 0 Å². The molecule has 2 N–H and O–H groups in total. The number of ketones is 1. The molecule has 1 aromatic heterocycles. The molecule has 0 unspecified atom stereocenters. The molecule has 0 saturated carbocycles. The number of rotatable bonds is 1. The molecule has 0 fully saturated rings. The highest BCUT2D eigenvalue weighted by molar-refractivity contribution is 6.45. The molecule has 3 aromatic rings. The predicted octanol–water partition coefficient (Wildman–Crippen LogP) is 4.19. The van der Waals surface area contributed by atoms with Crippen molar-refractivity contribution in [2.45, 2.75) is 0 Å². The molecular weight excluding hydrogens is 300 g/mol. The number of aromatic nitrogens is 1. The molecule has 4 nitrogen and oxygen atoms in total. The van der Waals surface area contributed by atoms with Crippen molar-refractivity contribution in [3.8, 4) is 0 Å². The average molecular weight is 312 g/mol. The number of carbonyl (C=O) groups is 1. The molecule has 2 heterocycles. The number of benzene rings is 2. The van der Waals surface area contributed by atoms with Gasteiger partial charge in [-0.3, -0.25) is 9.79 Å². The van der Waals surface area contributed by atoms with Crippen LogP contribution in [0.2, 0.25) is 0 Å². The molecular formula is C20H12N2O2. The number of H-pyrrole nitrogens is 1. The van der Waals surface area contributed by atoms with E-state index in [1.165, 1.54) is 0 Å². The maximum atomic E-state index is 12.8. The summed E-state index contributed by atoms with van der Waals surface area (Å²) in [4.78, 5) is 20.2. The zero-order chi connectivity index (χ0) is 16.3. The third kappa shape index (κ3) is 1.57. The average Bonchev–Trinajstić information content (AvgIpc) is 3.21. The fourth-order valence-electron chi connectivity index (χ4n) is 3.40. The number of hydrogen-bond acceptors (Lipinski definition) is 3. The van der Waals surface area contributed by atoms with Crippen molar-refractivity contribution in [2.75, 3.05) is 0 Å². The molecule has 0 saturated heterocycles. The number of Topliss-reactive ketones (excluding diaryl/α,β-unsaturated/α-hetero) is 1. The number of nitrogens with one attached hydrogen (secondary N) is 1. The van der Waals surface area contributed by atoms with Crippen molar-refractivity contribution in [1.82, 2.24) is 4.98 Å². The summed E-state index contributed by atoms with van der Waals surface area (Å²) in [5.74, 6) is -0.0988. The summed E-state index contributed by atoms with van der Waals surface area (Å²) in [7, 11) is 0. The third-order valence-electron chi connectivity index (χ3n) is 4.58. The normalized spacial score (nSPS) is 19.1. The van der Waals surface area contributed by atoms with Gasteiger partial charge in [0.1, 0.15) is 5.76 Å². The van der Waals surface area contributed by atoms with Crippen LogP contribution in [0.15, 0.2) is 71.1 Å². The van der Waals surface area contributed by atoms with Crippen LogP contribution in [0.4, 0.5) is 5.69 Å². The van der Waals surface area contributed by atoms with Gasteiger partial charge < -0.3 is 10.1 Å². The van der Waals surface area contributed by atoms with Crippen LogP contribution in [0.5, 0.6) is 0 Å². The number of aliphatic imine (C=N–C) groups is 1. The number of fused-ring (bicyclic) bond motifs is 2. The van der Waals surface area contributed by atoms with Crippen LogP contribution in [0, 0.1) is 0 Å². The van der Waals surface area contributed by atoms with E-state index in [0.717, 1.165) is 27.7 Å². The minimum absolute atomic E-state index is 0.0444. The maximum Gasteiger partial charge on any atom is 0.201 e. The van der Waals surface area contributed by atoms with Gasteiger partial charge in [0.15, 0.2) is 0 Å². The molecule has 2 aromatic carbocycles. The third-order valence-corrected chi connectivity index (χ3v) is 4.58. The monoisotopic (exact) mass is 312 g/mol. The smallest absolute Gasteiger partial charge is 0.201 e. The van der Waals surface area contributed by atoms with Crippen LogP contribution in [-0.2, 0) is 4.79 Å². The van der Waals surface area contributed by atoms with Crippen LogP contribution in [0.3, 0.4) is 0 Å². The molecule has 0 radical (unpaired) electrons. The van der Waals surface area contributed by atoms with Crippen LogP contribution in [0.25, 0.3) is 22.0 Å². The second-order valence-corrected chi connectivity index (χ2v) is 5.86. The number of aliphatic hydroxyl groups is 1. The molecule has 5 rings (SSSR count). The van der Waals surface area contributed by atoms with Gasteiger partial charge in [-0.1, -0.05) is 36.4 Å². The summed E-state index contributed by atoms with van der Waals surface area (Å²) in [5.41, 5.74) is 4.79. The molecule has 1 aliphatic heterocycles. The van der Waals surface area contributed by atoms with Gasteiger partial charge in [0.2, 0.25) is 5.78 Å². The number of hydrogen-bond donors (Lipinski definition) is 2. The molecule has 4 heteroatoms. The summed E-state index contributed by atoms with van der Waals surface area (Å²) in [6.07, 6.45) is 3.42. The lowest BCUT2D eigenvalue weighted by molar-refractivity contribution is -0.111. The number of nitrogens with zero attached hydrogens (tertiary/aromatic N) is 1. The van der Waals surface area contributed by atoms with E-state index >= 15 is 0 Å². The number of aliphatic hydroxyl groups excluding tert-OH is 1. The maximum absolute atomic E-state index is 12.8. The molecule has 0 bridgehead atoms. The standard InChI is InChI=1S/C20H12N2O2/c23-19-17(13-9-21-15-7-3-1-5-11(13)15)20(24)18(19)14-10-22-16-8-4-2-6-12(14)16/h1-10,21,23H/b18-14-. The van der Waals surface area contributed by atoms with Crippen LogP contribution in [0.1, 0.15) is 11.1 Å². The lowest BCUT2D eigenvalue weighted by Gasteiger charge is -2.22. The second kappa shape index (κ2) is 4.55. The predicted molar refractivity (Wildman–Crippen MR) is 94.4 cm³/mol. The molecule has 114 valence electrons. The van der Waals surface area contributed by atoms with Gasteiger partial charge in [-0.05, 0) is 12.1 Å². The fraction of sp³-hybridized carbons (Fsp3) is 0. The summed E-state index contributed by atoms with van der Waals surface area (Å²) in [6.45, 7) is 0. The molecule has 0 amide bonds. The van der Waals surface area contributed by atoms with Crippen molar-refractivity contribution >= 4 is 39.7 Å². The van der Waals surface area contributed by atoms with Gasteiger partial charge in [-0.15, -0.1) is 0 Å². The lowest BCUT2D eigenvalue weighted by atomic mass is 9.80. The highest BCUT2D eigenvalue weighted by Crippen LogP contribution is 2.44. The molecule has 0 atom stereocenters. The zero-order valence-electron chi connectivity index (χ0n) is 12.6. The highest BCUT2D eigenvalue weighted by atomic mass is 16.3. The van der Waals surface area contributed by atoms with Crippen LogP contribution in [-0.4, -0.2) is 22.1 Å². The second-order valence-electron chi connectivity index (χ2n) is 5.86. The Morgan fingerprint density at radius 3 is 2.58 bits per heavy atom. The Labute approximate surface area is 137 Å². The largest absolute Gasteiger partial charge is 0.506 e. The van der Waals surface area contributed by atoms with Crippen LogP contribution >= 0.6 is 0 Å². The zero-order valence-corrected chi connectivity index (χ0v) is 12.6. The molecule has 24 heavy (non-hydrogen) atoms. The van der Waals surface area contributed by atoms with Gasteiger partial charge in [0.05, 0.1) is 16.8 Å². The van der Waals surface area contributed by atoms with Gasteiger partial charge >= 0.3 is 0 Å². The minimum atomic E-state index is -0.143. The summed E-state index contributed by atoms with van der Waals surface area (Å²) in [5, 5.41) is 11.5. The summed E-state index contributed by atoms with van der Waals surface area (Å²) >= 11 is 0. The number of carbonyl (C=O) groups excluding carboxylic acids is 1. The van der Waals surface area contributed by atoms with E-state index < -0.39 is 0 Å². The Hall–Kier alpha value is -3.40. The van der Waals surface area contributed by atoms with Gasteiger partial charge in [0, 0.05) is 40.0 Å². The molecule has 0 spiro atoms. The Bertz CT molecular complexity index is 1130. The van der Waals surface area contributed by atoms with Crippen molar-refractivity contribution in [2.24, 2.45) is 4.99 Å². The fourth-order valence-corrected chi connectivity index (χ4v) is 3.40. The van der Waals surface area contributed by atoms with E-state index in [2.05, 4.69) is 9.98 Å². The topological polar surface area (TPSA) is 65.5 Å². The Balaban J connectivity index is 1.71. The quantitative estimate of drug-likeness (QED) is 0.662. The Kier molecular flexibility index (Phi) is 2.48. The first-order valence-corrected chi connectivity index (χ1v) is 7.68.